The van der Waals surface area contributed by atoms with Gasteiger partial charge in [-0.2, -0.15) is 4.98 Å². The molecule has 1 atom stereocenters. The van der Waals surface area contributed by atoms with Crippen LogP contribution in [0.2, 0.25) is 0 Å². The summed E-state index contributed by atoms with van der Waals surface area (Å²) >= 11 is 5.23. The number of carbonyl (C=O) groups excluding carboxylic acids is 1. The number of aromatic nitrogens is 3. The zero-order valence-corrected chi connectivity index (χ0v) is 22.3. The number of allylic oxidation sites excluding steroid dienone is 1. The number of primary amides is 1. The van der Waals surface area contributed by atoms with Gasteiger partial charge in [0.05, 0.1) is 17.2 Å². The molecule has 3 N–H and O–H groups in total. The fourth-order valence-electron chi connectivity index (χ4n) is 3.90. The Bertz CT molecular complexity index is 1250. The molecule has 1 aliphatic rings. The summed E-state index contributed by atoms with van der Waals surface area (Å²) in [4.78, 5) is 17.2. The number of halogens is 1. The van der Waals surface area contributed by atoms with E-state index >= 15 is 0 Å². The van der Waals surface area contributed by atoms with Crippen LogP contribution in [-0.4, -0.2) is 33.5 Å². The maximum Gasteiger partial charge on any atom is 0.248 e. The van der Waals surface area contributed by atoms with Gasteiger partial charge in [-0.15, -0.1) is 5.10 Å². The molecule has 1 amide bonds. The standard InChI is InChI=1S/C25H28BrN5O3S/c1-4-5-11-35-25-29-24-28-15(2)20(23(27)32)21(31(24)30-25)17-12-18(26)22(19(13-17)33-3)34-14-16-9-7-6-8-10-16/h6-10,12-13,21H,4-5,11,14H2,1-3H3,(H2,27,32)(H,28,29,30). The molecule has 0 spiro atoms. The lowest BCUT2D eigenvalue weighted by molar-refractivity contribution is -0.115. The lowest BCUT2D eigenvalue weighted by Gasteiger charge is -2.28. The number of thioether (sulfide) groups is 1. The number of amides is 1. The van der Waals surface area contributed by atoms with E-state index in [1.54, 1.807) is 23.6 Å². The van der Waals surface area contributed by atoms with Crippen molar-refractivity contribution in [2.75, 3.05) is 18.2 Å². The number of rotatable bonds is 10. The first-order chi connectivity index (χ1) is 16.9. The number of hydrogen-bond acceptors (Lipinski definition) is 7. The average molecular weight is 559 g/mol. The van der Waals surface area contributed by atoms with Gasteiger partial charge in [0.15, 0.2) is 11.5 Å². The first-order valence-corrected chi connectivity index (χ1v) is 13.1. The van der Waals surface area contributed by atoms with Gasteiger partial charge in [-0.1, -0.05) is 55.4 Å². The molecule has 0 radical (unpaired) electrons. The molecular formula is C25H28BrN5O3S. The van der Waals surface area contributed by atoms with Crippen LogP contribution in [0.15, 0.2) is 63.4 Å². The largest absolute Gasteiger partial charge is 0.493 e. The molecule has 184 valence electrons. The lowest BCUT2D eigenvalue weighted by atomic mass is 9.95. The number of methoxy groups -OCH3 is 1. The molecular weight excluding hydrogens is 530 g/mol. The molecule has 2 aromatic carbocycles. The smallest absolute Gasteiger partial charge is 0.248 e. The van der Waals surface area contributed by atoms with Crippen LogP contribution in [0, 0.1) is 0 Å². The Morgan fingerprint density at radius 2 is 2.06 bits per heavy atom. The van der Waals surface area contributed by atoms with Gasteiger partial charge < -0.3 is 20.5 Å². The van der Waals surface area contributed by atoms with Crippen LogP contribution < -0.4 is 20.5 Å². The summed E-state index contributed by atoms with van der Waals surface area (Å²) < 4.78 is 14.2. The highest BCUT2D eigenvalue weighted by molar-refractivity contribution is 9.10. The van der Waals surface area contributed by atoms with E-state index in [-0.39, 0.29) is 0 Å². The molecule has 0 aliphatic carbocycles. The van der Waals surface area contributed by atoms with Gasteiger partial charge in [0, 0.05) is 11.4 Å². The van der Waals surface area contributed by atoms with E-state index in [4.69, 9.17) is 20.3 Å². The molecule has 10 heteroatoms. The van der Waals surface area contributed by atoms with Crippen molar-refractivity contribution in [2.45, 2.75) is 44.5 Å². The van der Waals surface area contributed by atoms with Gasteiger partial charge in [-0.05, 0) is 52.5 Å². The molecule has 35 heavy (non-hydrogen) atoms. The summed E-state index contributed by atoms with van der Waals surface area (Å²) in [5.74, 6) is 2.07. The van der Waals surface area contributed by atoms with Crippen molar-refractivity contribution in [1.29, 1.82) is 0 Å². The van der Waals surface area contributed by atoms with E-state index in [1.807, 2.05) is 49.4 Å². The van der Waals surface area contributed by atoms with Gasteiger partial charge in [-0.25, -0.2) is 4.68 Å². The number of benzene rings is 2. The quantitative estimate of drug-likeness (QED) is 0.257. The number of nitrogens with one attached hydrogen (secondary N) is 1. The van der Waals surface area contributed by atoms with Crippen molar-refractivity contribution in [2.24, 2.45) is 5.73 Å². The van der Waals surface area contributed by atoms with Crippen LogP contribution in [0.3, 0.4) is 0 Å². The lowest BCUT2D eigenvalue weighted by Crippen LogP contribution is -2.31. The van der Waals surface area contributed by atoms with Crippen LogP contribution in [0.4, 0.5) is 5.95 Å². The molecule has 0 saturated carbocycles. The molecule has 0 fully saturated rings. The van der Waals surface area contributed by atoms with Crippen molar-refractivity contribution < 1.29 is 14.3 Å². The van der Waals surface area contributed by atoms with Crippen molar-refractivity contribution in [3.63, 3.8) is 0 Å². The predicted molar refractivity (Wildman–Crippen MR) is 141 cm³/mol. The number of anilines is 1. The third-order valence-corrected chi connectivity index (χ3v) is 7.13. The summed E-state index contributed by atoms with van der Waals surface area (Å²) in [7, 11) is 1.59. The Morgan fingerprint density at radius 3 is 2.74 bits per heavy atom. The highest BCUT2D eigenvalue weighted by Gasteiger charge is 2.34. The minimum atomic E-state index is -0.565. The molecule has 1 aromatic heterocycles. The summed E-state index contributed by atoms with van der Waals surface area (Å²) in [6.45, 7) is 4.35. The van der Waals surface area contributed by atoms with Crippen molar-refractivity contribution in [3.05, 3.63) is 69.3 Å². The highest BCUT2D eigenvalue weighted by atomic mass is 79.9. The second-order valence-electron chi connectivity index (χ2n) is 8.10. The number of fused-ring (bicyclic) bond motifs is 1. The number of ether oxygens (including phenoxy) is 2. The van der Waals surface area contributed by atoms with E-state index in [0.717, 1.165) is 29.7 Å². The van der Waals surface area contributed by atoms with Crippen LogP contribution in [0.5, 0.6) is 11.5 Å². The number of unbranched alkanes of at least 4 members (excludes halogenated alkanes) is 1. The van der Waals surface area contributed by atoms with Gasteiger partial charge in [0.1, 0.15) is 12.6 Å². The minimum absolute atomic E-state index is 0.389. The Hall–Kier alpha value is -2.98. The third kappa shape index (κ3) is 5.48. The van der Waals surface area contributed by atoms with Crippen molar-refractivity contribution in [1.82, 2.24) is 14.8 Å². The van der Waals surface area contributed by atoms with E-state index in [1.165, 1.54) is 0 Å². The maximum atomic E-state index is 12.5. The van der Waals surface area contributed by atoms with Crippen LogP contribution in [-0.2, 0) is 11.4 Å². The zero-order chi connectivity index (χ0) is 24.9. The number of carbonyl (C=O) groups is 1. The Balaban J connectivity index is 1.72. The Labute approximate surface area is 217 Å². The van der Waals surface area contributed by atoms with Crippen LogP contribution >= 0.6 is 27.7 Å². The SMILES string of the molecule is CCCCSc1nc2n(n1)C(c1cc(Br)c(OCc3ccccc3)c(OC)c1)C(C(N)=O)=C(C)N2. The third-order valence-electron chi connectivity index (χ3n) is 5.62. The van der Waals surface area contributed by atoms with Gasteiger partial charge in [0.2, 0.25) is 17.0 Å². The summed E-state index contributed by atoms with van der Waals surface area (Å²) in [6.07, 6.45) is 2.17. The van der Waals surface area contributed by atoms with E-state index in [9.17, 15) is 4.79 Å². The minimum Gasteiger partial charge on any atom is -0.493 e. The van der Waals surface area contributed by atoms with Crippen molar-refractivity contribution in [3.8, 4) is 11.5 Å². The molecule has 4 rings (SSSR count). The van der Waals surface area contributed by atoms with E-state index < -0.39 is 11.9 Å². The summed E-state index contributed by atoms with van der Waals surface area (Å²) in [5.41, 5.74) is 8.70. The maximum absolute atomic E-state index is 12.5. The topological polar surface area (TPSA) is 104 Å². The van der Waals surface area contributed by atoms with E-state index in [0.29, 0.717) is 45.0 Å². The normalized spacial score (nSPS) is 14.9. The van der Waals surface area contributed by atoms with Crippen LogP contribution in [0.25, 0.3) is 0 Å². The second kappa shape index (κ2) is 11.2. The molecule has 1 unspecified atom stereocenters. The van der Waals surface area contributed by atoms with Gasteiger partial charge in [-0.3, -0.25) is 4.79 Å². The molecule has 0 bridgehead atoms. The number of hydrogen-bond donors (Lipinski definition) is 2. The monoisotopic (exact) mass is 557 g/mol. The fourth-order valence-corrected chi connectivity index (χ4v) is 5.38. The van der Waals surface area contributed by atoms with E-state index in [2.05, 4.69) is 33.2 Å². The average Bonchev–Trinajstić information content (AvgIpc) is 3.24. The molecule has 8 nitrogen and oxygen atoms in total. The predicted octanol–water partition coefficient (Wildman–Crippen LogP) is 5.29. The van der Waals surface area contributed by atoms with Crippen LogP contribution in [0.1, 0.15) is 43.9 Å². The first-order valence-electron chi connectivity index (χ1n) is 11.3. The molecule has 3 aromatic rings. The zero-order valence-electron chi connectivity index (χ0n) is 19.9. The van der Waals surface area contributed by atoms with Gasteiger partial charge >= 0.3 is 0 Å². The highest BCUT2D eigenvalue weighted by Crippen LogP contribution is 2.43. The molecule has 1 aliphatic heterocycles. The Kier molecular flexibility index (Phi) is 8.02. The number of nitrogens with zero attached hydrogens (tertiary/aromatic N) is 3. The first kappa shape index (κ1) is 25.1. The van der Waals surface area contributed by atoms with Gasteiger partial charge in [0.25, 0.3) is 0 Å². The second-order valence-corrected chi connectivity index (χ2v) is 10.0. The molecule has 2 heterocycles. The Morgan fingerprint density at radius 1 is 1.29 bits per heavy atom. The summed E-state index contributed by atoms with van der Waals surface area (Å²) in [6, 6.07) is 13.1. The fraction of sp³-hybridized carbons (Fsp3) is 0.320. The summed E-state index contributed by atoms with van der Waals surface area (Å²) in [5, 5.41) is 8.54. The molecule has 0 saturated heterocycles. The van der Waals surface area contributed by atoms with Crippen molar-refractivity contribution >= 4 is 39.5 Å². The number of nitrogens with two attached hydrogens (primary N) is 1.